The summed E-state index contributed by atoms with van der Waals surface area (Å²) in [4.78, 5) is 46.2. The van der Waals surface area contributed by atoms with Crippen molar-refractivity contribution < 1.29 is 14.4 Å². The molecule has 1 fully saturated rings. The molecule has 1 aliphatic heterocycles. The zero-order chi connectivity index (χ0) is 16.6. The maximum Gasteiger partial charge on any atom is 0.329 e. The van der Waals surface area contributed by atoms with Gasteiger partial charge in [0.2, 0.25) is 11.8 Å². The van der Waals surface area contributed by atoms with Crippen molar-refractivity contribution in [1.29, 1.82) is 0 Å². The third-order valence-electron chi connectivity index (χ3n) is 3.89. The number of piperidine rings is 1. The second-order valence-electron chi connectivity index (χ2n) is 5.27. The van der Waals surface area contributed by atoms with Gasteiger partial charge in [0.15, 0.2) is 6.29 Å². The zero-order valence-electron chi connectivity index (χ0n) is 12.3. The van der Waals surface area contributed by atoms with E-state index in [9.17, 15) is 19.2 Å². The number of aryl methyl sites for hydroxylation is 1. The number of hydrogen-bond acceptors (Lipinski definition) is 4. The first-order valence-corrected chi connectivity index (χ1v) is 7.03. The lowest BCUT2D eigenvalue weighted by molar-refractivity contribution is -0.135. The fraction of sp³-hybridized carbons (Fsp3) is 0.250. The zero-order valence-corrected chi connectivity index (χ0v) is 12.3. The van der Waals surface area contributed by atoms with E-state index >= 15 is 0 Å². The summed E-state index contributed by atoms with van der Waals surface area (Å²) < 4.78 is 2.82. The molecule has 1 N–H and O–H groups in total. The van der Waals surface area contributed by atoms with Gasteiger partial charge in [-0.3, -0.25) is 28.8 Å². The molecule has 0 bridgehead atoms. The first-order valence-electron chi connectivity index (χ1n) is 7.03. The number of aldehydes is 1. The maximum absolute atomic E-state index is 12.5. The van der Waals surface area contributed by atoms with E-state index in [-0.39, 0.29) is 24.4 Å². The van der Waals surface area contributed by atoms with Crippen LogP contribution in [0.4, 0.5) is 0 Å². The largest absolute Gasteiger partial charge is 0.329 e. The minimum atomic E-state index is -0.712. The molecule has 7 nitrogen and oxygen atoms in total. The molecular weight excluding hydrogens is 298 g/mol. The van der Waals surface area contributed by atoms with Gasteiger partial charge < -0.3 is 0 Å². The summed E-state index contributed by atoms with van der Waals surface area (Å²) in [7, 11) is 1.60. The summed E-state index contributed by atoms with van der Waals surface area (Å²) in [6.07, 6.45) is 0.982. The molecule has 23 heavy (non-hydrogen) atoms. The molecule has 1 aliphatic rings. The van der Waals surface area contributed by atoms with Gasteiger partial charge in [0, 0.05) is 19.0 Å². The van der Waals surface area contributed by atoms with Gasteiger partial charge in [0.25, 0.3) is 0 Å². The van der Waals surface area contributed by atoms with E-state index in [1.807, 2.05) is 0 Å². The van der Waals surface area contributed by atoms with Crippen LogP contribution in [-0.4, -0.2) is 27.2 Å². The monoisotopic (exact) mass is 311 g/mol. The number of hydrogen-bond donors (Lipinski definition) is 1. The number of fused-ring (bicyclic) bond motifs is 1. The standard InChI is InChI=1S/C16H13N3O4/c1-18-13-9-10(3-2-8-20)4-5-11(13)19(16(18)23)12-6-7-14(21)17-15(12)22/h4-5,8-9,12H,6-7H2,1H3,(H,17,21,22). The summed E-state index contributed by atoms with van der Waals surface area (Å²) in [5.41, 5.74) is 1.46. The minimum absolute atomic E-state index is 0.197. The number of carbonyl (C=O) groups is 3. The van der Waals surface area contributed by atoms with Crippen LogP contribution in [0.25, 0.3) is 11.0 Å². The number of carbonyl (C=O) groups excluding carboxylic acids is 3. The van der Waals surface area contributed by atoms with Crippen LogP contribution >= 0.6 is 0 Å². The number of nitrogens with one attached hydrogen (secondary N) is 1. The highest BCUT2D eigenvalue weighted by molar-refractivity contribution is 6.00. The van der Waals surface area contributed by atoms with E-state index in [1.54, 1.807) is 25.2 Å². The molecule has 0 spiro atoms. The van der Waals surface area contributed by atoms with Crippen LogP contribution in [0.2, 0.25) is 0 Å². The van der Waals surface area contributed by atoms with Crippen LogP contribution in [0.1, 0.15) is 24.4 Å². The van der Waals surface area contributed by atoms with Crippen LogP contribution < -0.4 is 11.0 Å². The summed E-state index contributed by atoms with van der Waals surface area (Å²) >= 11 is 0. The predicted octanol–water partition coefficient (Wildman–Crippen LogP) is -0.132. The molecule has 1 unspecified atom stereocenters. The van der Waals surface area contributed by atoms with Gasteiger partial charge in [-0.05, 0) is 30.5 Å². The fourth-order valence-corrected chi connectivity index (χ4v) is 2.78. The molecule has 2 aromatic rings. The summed E-state index contributed by atoms with van der Waals surface area (Å²) in [5.74, 6) is 4.19. The van der Waals surface area contributed by atoms with Crippen molar-refractivity contribution in [3.8, 4) is 11.8 Å². The molecule has 7 heteroatoms. The Morgan fingerprint density at radius 3 is 2.74 bits per heavy atom. The van der Waals surface area contributed by atoms with Crippen LogP contribution in [0.3, 0.4) is 0 Å². The highest BCUT2D eigenvalue weighted by atomic mass is 16.2. The van der Waals surface area contributed by atoms with Crippen molar-refractivity contribution in [1.82, 2.24) is 14.5 Å². The van der Waals surface area contributed by atoms with Crippen molar-refractivity contribution >= 4 is 29.1 Å². The number of amides is 2. The molecule has 2 heterocycles. The lowest BCUT2D eigenvalue weighted by Crippen LogP contribution is -2.44. The molecule has 0 aliphatic carbocycles. The predicted molar refractivity (Wildman–Crippen MR) is 81.5 cm³/mol. The first kappa shape index (κ1) is 14.8. The Labute approximate surface area is 130 Å². The maximum atomic E-state index is 12.5. The molecule has 1 aromatic carbocycles. The number of rotatable bonds is 1. The third-order valence-corrected chi connectivity index (χ3v) is 3.89. The SMILES string of the molecule is Cn1c(=O)n(C2CCC(=O)NC2=O)c2ccc(C#CC=O)cc21. The van der Waals surface area contributed by atoms with Gasteiger partial charge in [0.05, 0.1) is 11.0 Å². The van der Waals surface area contributed by atoms with E-state index < -0.39 is 11.9 Å². The third kappa shape index (κ3) is 2.44. The van der Waals surface area contributed by atoms with Gasteiger partial charge in [0.1, 0.15) is 6.04 Å². The molecule has 1 saturated heterocycles. The van der Waals surface area contributed by atoms with E-state index in [2.05, 4.69) is 17.2 Å². The topological polar surface area (TPSA) is 90.2 Å². The van der Waals surface area contributed by atoms with Gasteiger partial charge in [-0.15, -0.1) is 0 Å². The molecule has 3 rings (SSSR count). The van der Waals surface area contributed by atoms with Crippen molar-refractivity contribution in [3.63, 3.8) is 0 Å². The molecule has 1 aromatic heterocycles. The van der Waals surface area contributed by atoms with Gasteiger partial charge in [-0.2, -0.15) is 0 Å². The van der Waals surface area contributed by atoms with Crippen LogP contribution in [0.5, 0.6) is 0 Å². The summed E-state index contributed by atoms with van der Waals surface area (Å²) in [6, 6.07) is 4.35. The highest BCUT2D eigenvalue weighted by Crippen LogP contribution is 2.23. The quantitative estimate of drug-likeness (QED) is 0.451. The smallest absolute Gasteiger partial charge is 0.295 e. The Morgan fingerprint density at radius 1 is 1.26 bits per heavy atom. The average Bonchev–Trinajstić information content (AvgIpc) is 2.77. The van der Waals surface area contributed by atoms with Crippen molar-refractivity contribution in [2.45, 2.75) is 18.9 Å². The molecular formula is C16H13N3O4. The Kier molecular flexibility index (Phi) is 3.58. The Hall–Kier alpha value is -3.14. The Morgan fingerprint density at radius 2 is 2.04 bits per heavy atom. The van der Waals surface area contributed by atoms with Crippen LogP contribution in [0.15, 0.2) is 23.0 Å². The van der Waals surface area contributed by atoms with Crippen molar-refractivity contribution in [2.24, 2.45) is 7.05 Å². The van der Waals surface area contributed by atoms with Gasteiger partial charge in [-0.25, -0.2) is 4.79 Å². The number of nitrogens with zero attached hydrogens (tertiary/aromatic N) is 2. The number of aromatic nitrogens is 2. The van der Waals surface area contributed by atoms with E-state index in [4.69, 9.17) is 0 Å². The van der Waals surface area contributed by atoms with Gasteiger partial charge in [-0.1, -0.05) is 5.92 Å². The lowest BCUT2D eigenvalue weighted by Gasteiger charge is -2.21. The molecule has 0 saturated carbocycles. The normalized spacial score (nSPS) is 17.5. The second kappa shape index (κ2) is 5.57. The summed E-state index contributed by atoms with van der Waals surface area (Å²) in [6.45, 7) is 0. The van der Waals surface area contributed by atoms with E-state index in [1.165, 1.54) is 9.13 Å². The van der Waals surface area contributed by atoms with Gasteiger partial charge >= 0.3 is 5.69 Å². The average molecular weight is 311 g/mol. The minimum Gasteiger partial charge on any atom is -0.295 e. The molecule has 1 atom stereocenters. The molecule has 0 radical (unpaired) electrons. The van der Waals surface area contributed by atoms with E-state index in [0.29, 0.717) is 22.9 Å². The second-order valence-corrected chi connectivity index (χ2v) is 5.27. The lowest BCUT2D eigenvalue weighted by atomic mass is 10.1. The highest BCUT2D eigenvalue weighted by Gasteiger charge is 2.31. The molecule has 116 valence electrons. The first-order chi connectivity index (χ1) is 11.0. The summed E-state index contributed by atoms with van der Waals surface area (Å²) in [5, 5.41) is 2.26. The number of imide groups is 1. The number of imidazole rings is 1. The Balaban J connectivity index is 2.17. The Bertz CT molecular complexity index is 955. The van der Waals surface area contributed by atoms with Crippen LogP contribution in [0, 0.1) is 11.8 Å². The van der Waals surface area contributed by atoms with Crippen molar-refractivity contribution in [3.05, 3.63) is 34.2 Å². The fourth-order valence-electron chi connectivity index (χ4n) is 2.78. The molecule has 2 amide bonds. The van der Waals surface area contributed by atoms with Crippen molar-refractivity contribution in [2.75, 3.05) is 0 Å². The number of benzene rings is 1. The van der Waals surface area contributed by atoms with Crippen LogP contribution in [-0.2, 0) is 21.4 Å². The van der Waals surface area contributed by atoms with E-state index in [0.717, 1.165) is 0 Å².